The summed E-state index contributed by atoms with van der Waals surface area (Å²) < 4.78 is 10.7. The Morgan fingerprint density at radius 3 is 2.60 bits per heavy atom. The number of rotatable bonds is 8. The Balaban J connectivity index is 1.91. The molecule has 0 aliphatic heterocycles. The molecule has 0 bridgehead atoms. The summed E-state index contributed by atoms with van der Waals surface area (Å²) in [6.07, 6.45) is 3.63. The van der Waals surface area contributed by atoms with Crippen molar-refractivity contribution in [3.8, 4) is 0 Å². The topological polar surface area (TPSA) is 97.6 Å². The number of amides is 2. The van der Waals surface area contributed by atoms with Crippen LogP contribution in [0.4, 0.5) is 4.79 Å². The average Bonchev–Trinajstić information content (AvgIpc) is 3.01. The molecule has 0 spiro atoms. The summed E-state index contributed by atoms with van der Waals surface area (Å²) in [6, 6.07) is 3.75. The van der Waals surface area contributed by atoms with Gasteiger partial charge in [-0.25, -0.2) is 4.79 Å². The number of hydrogen-bond donors (Lipinski definition) is 1. The van der Waals surface area contributed by atoms with Gasteiger partial charge in [-0.2, -0.15) is 0 Å². The van der Waals surface area contributed by atoms with Crippen molar-refractivity contribution >= 4 is 12.0 Å². The van der Waals surface area contributed by atoms with Crippen LogP contribution in [0.2, 0.25) is 0 Å². The third kappa shape index (κ3) is 6.86. The van der Waals surface area contributed by atoms with Crippen molar-refractivity contribution in [3.63, 3.8) is 0 Å². The minimum atomic E-state index is -0.581. The van der Waals surface area contributed by atoms with Gasteiger partial charge in [-0.05, 0) is 59.6 Å². The van der Waals surface area contributed by atoms with Crippen LogP contribution in [-0.2, 0) is 16.1 Å². The van der Waals surface area contributed by atoms with Crippen molar-refractivity contribution in [2.45, 2.75) is 66.0 Å². The minimum Gasteiger partial charge on any atom is -0.444 e. The number of aromatic nitrogens is 2. The van der Waals surface area contributed by atoms with Crippen LogP contribution in [0.1, 0.15) is 62.6 Å². The number of carbonyl (C=O) groups is 2. The van der Waals surface area contributed by atoms with E-state index >= 15 is 0 Å². The predicted molar refractivity (Wildman–Crippen MR) is 113 cm³/mol. The Hall–Kier alpha value is -2.90. The molecule has 0 aromatic carbocycles. The van der Waals surface area contributed by atoms with Crippen molar-refractivity contribution < 1.29 is 18.8 Å². The smallest absolute Gasteiger partial charge is 0.410 e. The second-order valence-corrected chi connectivity index (χ2v) is 8.37. The molecule has 2 aromatic heterocycles. The molecule has 2 amide bonds. The van der Waals surface area contributed by atoms with E-state index in [2.05, 4.69) is 15.5 Å². The van der Waals surface area contributed by atoms with Gasteiger partial charge in [0.2, 0.25) is 5.91 Å². The molecule has 0 aliphatic rings. The fraction of sp³-hybridized carbons (Fsp3) is 0.545. The lowest BCUT2D eigenvalue weighted by molar-refractivity contribution is -0.122. The Morgan fingerprint density at radius 2 is 2.03 bits per heavy atom. The molecule has 0 radical (unpaired) electrons. The van der Waals surface area contributed by atoms with E-state index in [0.717, 1.165) is 16.8 Å². The molecule has 8 heteroatoms. The van der Waals surface area contributed by atoms with E-state index in [4.69, 9.17) is 9.26 Å². The first kappa shape index (κ1) is 23.4. The zero-order valence-corrected chi connectivity index (χ0v) is 18.7. The van der Waals surface area contributed by atoms with Crippen molar-refractivity contribution in [3.05, 3.63) is 47.1 Å². The number of ether oxygens (including phenoxy) is 1. The monoisotopic (exact) mass is 416 g/mol. The molecule has 0 aliphatic carbocycles. The molecule has 8 nitrogen and oxygen atoms in total. The highest BCUT2D eigenvalue weighted by atomic mass is 16.6. The molecule has 1 unspecified atom stereocenters. The molecule has 0 saturated heterocycles. The molecule has 164 valence electrons. The highest BCUT2D eigenvalue weighted by Gasteiger charge is 2.24. The van der Waals surface area contributed by atoms with Gasteiger partial charge in [0.15, 0.2) is 0 Å². The number of aryl methyl sites for hydroxylation is 2. The van der Waals surface area contributed by atoms with E-state index in [1.807, 2.05) is 46.8 Å². The summed E-state index contributed by atoms with van der Waals surface area (Å²) in [6.45, 7) is 12.3. The van der Waals surface area contributed by atoms with Crippen molar-refractivity contribution in [1.29, 1.82) is 0 Å². The van der Waals surface area contributed by atoms with Crippen LogP contribution in [0.3, 0.4) is 0 Å². The zero-order valence-electron chi connectivity index (χ0n) is 18.7. The van der Waals surface area contributed by atoms with Gasteiger partial charge in [0.05, 0.1) is 18.2 Å². The van der Waals surface area contributed by atoms with Crippen LogP contribution in [0.5, 0.6) is 0 Å². The maximum atomic E-state index is 12.6. The van der Waals surface area contributed by atoms with Gasteiger partial charge >= 0.3 is 6.09 Å². The van der Waals surface area contributed by atoms with E-state index < -0.39 is 5.60 Å². The second-order valence-electron chi connectivity index (χ2n) is 8.37. The van der Waals surface area contributed by atoms with Crippen molar-refractivity contribution in [1.82, 2.24) is 20.4 Å². The van der Waals surface area contributed by atoms with Crippen LogP contribution in [0, 0.1) is 13.8 Å². The quantitative estimate of drug-likeness (QED) is 0.659. The van der Waals surface area contributed by atoms with Gasteiger partial charge in [0.25, 0.3) is 0 Å². The lowest BCUT2D eigenvalue weighted by Crippen LogP contribution is -2.38. The second kappa shape index (κ2) is 10.2. The number of nitrogens with zero attached hydrogens (tertiary/aromatic N) is 3. The number of pyridine rings is 1. The number of carbonyl (C=O) groups excluding carboxylic acids is 2. The van der Waals surface area contributed by atoms with Crippen LogP contribution in [-0.4, -0.2) is 45.7 Å². The highest BCUT2D eigenvalue weighted by Crippen LogP contribution is 2.23. The first-order valence-electron chi connectivity index (χ1n) is 10.2. The third-order valence-corrected chi connectivity index (χ3v) is 4.57. The first-order valence-corrected chi connectivity index (χ1v) is 10.2. The molecule has 2 heterocycles. The van der Waals surface area contributed by atoms with Gasteiger partial charge < -0.3 is 19.5 Å². The van der Waals surface area contributed by atoms with Crippen molar-refractivity contribution in [2.24, 2.45) is 0 Å². The Labute approximate surface area is 178 Å². The Kier molecular flexibility index (Phi) is 7.97. The van der Waals surface area contributed by atoms with E-state index in [9.17, 15) is 9.59 Å². The van der Waals surface area contributed by atoms with Gasteiger partial charge in [-0.1, -0.05) is 11.2 Å². The standard InChI is InChI=1S/C22H32N4O4/c1-15(19-16(2)25-30-17(19)3)20(27)24-11-8-12-26(21(28)29-22(4,5)6)14-18-9-7-10-23-13-18/h7,9-10,13,15H,8,11-12,14H2,1-6H3,(H,24,27). The summed E-state index contributed by atoms with van der Waals surface area (Å²) in [5.74, 6) is 0.205. The summed E-state index contributed by atoms with van der Waals surface area (Å²) in [7, 11) is 0. The number of hydrogen-bond acceptors (Lipinski definition) is 6. The first-order chi connectivity index (χ1) is 14.1. The van der Waals surface area contributed by atoms with Crippen LogP contribution in [0.25, 0.3) is 0 Å². The Bertz CT molecular complexity index is 823. The number of nitrogens with one attached hydrogen (secondary N) is 1. The van der Waals surface area contributed by atoms with Gasteiger partial charge in [-0.15, -0.1) is 0 Å². The van der Waals surface area contributed by atoms with Gasteiger partial charge in [0.1, 0.15) is 11.4 Å². The molecule has 0 saturated carbocycles. The highest BCUT2D eigenvalue weighted by molar-refractivity contribution is 5.83. The SMILES string of the molecule is Cc1noc(C)c1C(C)C(=O)NCCCN(Cc1cccnc1)C(=O)OC(C)(C)C. The van der Waals surface area contributed by atoms with Gasteiger partial charge in [0, 0.05) is 31.0 Å². The minimum absolute atomic E-state index is 0.0968. The normalized spacial score (nSPS) is 12.3. The van der Waals surface area contributed by atoms with E-state index in [1.165, 1.54) is 0 Å². The lowest BCUT2D eigenvalue weighted by Gasteiger charge is -2.27. The largest absolute Gasteiger partial charge is 0.444 e. The zero-order chi connectivity index (χ0) is 22.3. The van der Waals surface area contributed by atoms with Crippen LogP contribution >= 0.6 is 0 Å². The fourth-order valence-electron chi connectivity index (χ4n) is 3.15. The molecule has 1 N–H and O–H groups in total. The maximum Gasteiger partial charge on any atom is 0.410 e. The van der Waals surface area contributed by atoms with Gasteiger partial charge in [-0.3, -0.25) is 9.78 Å². The third-order valence-electron chi connectivity index (χ3n) is 4.57. The molecular formula is C22H32N4O4. The summed E-state index contributed by atoms with van der Waals surface area (Å²) in [4.78, 5) is 30.8. The maximum absolute atomic E-state index is 12.6. The molecule has 2 rings (SSSR count). The molecule has 0 fully saturated rings. The average molecular weight is 417 g/mol. The summed E-state index contributed by atoms with van der Waals surface area (Å²) >= 11 is 0. The summed E-state index contributed by atoms with van der Waals surface area (Å²) in [5, 5.41) is 6.84. The molecular weight excluding hydrogens is 384 g/mol. The molecule has 30 heavy (non-hydrogen) atoms. The molecule has 1 atom stereocenters. The lowest BCUT2D eigenvalue weighted by atomic mass is 9.99. The Morgan fingerprint density at radius 1 is 1.30 bits per heavy atom. The summed E-state index contributed by atoms with van der Waals surface area (Å²) in [5.41, 5.74) is 1.88. The van der Waals surface area contributed by atoms with E-state index in [0.29, 0.717) is 31.8 Å². The molecule has 2 aromatic rings. The van der Waals surface area contributed by atoms with Crippen LogP contribution in [0.15, 0.2) is 29.0 Å². The predicted octanol–water partition coefficient (Wildman–Crippen LogP) is 3.73. The van der Waals surface area contributed by atoms with E-state index in [-0.39, 0.29) is 17.9 Å². The van der Waals surface area contributed by atoms with Crippen LogP contribution < -0.4 is 5.32 Å². The van der Waals surface area contributed by atoms with E-state index in [1.54, 1.807) is 24.2 Å². The van der Waals surface area contributed by atoms with Crippen molar-refractivity contribution in [2.75, 3.05) is 13.1 Å². The fourth-order valence-corrected chi connectivity index (χ4v) is 3.15.